The largest absolute Gasteiger partial charge is 0.376 e. The van der Waals surface area contributed by atoms with E-state index in [2.05, 4.69) is 17.5 Å². The fourth-order valence-corrected chi connectivity index (χ4v) is 1.03. The molecule has 0 radical (unpaired) electrons. The van der Waals surface area contributed by atoms with Gasteiger partial charge in [-0.3, -0.25) is 0 Å². The van der Waals surface area contributed by atoms with Crippen LogP contribution in [-0.2, 0) is 0 Å². The first-order valence-corrected chi connectivity index (χ1v) is 3.29. The van der Waals surface area contributed by atoms with Crippen molar-refractivity contribution in [1.29, 1.82) is 0 Å². The molecule has 0 heterocycles. The molecule has 1 saturated carbocycles. The van der Waals surface area contributed by atoms with Gasteiger partial charge in [0.25, 0.3) is 0 Å². The highest BCUT2D eigenvalue weighted by molar-refractivity contribution is 7.80. The number of hydrogen-bond acceptors (Lipinski definition) is 1. The van der Waals surface area contributed by atoms with E-state index in [1.54, 1.807) is 0 Å². The summed E-state index contributed by atoms with van der Waals surface area (Å²) in [6, 6.07) is 0.192. The minimum absolute atomic E-state index is 0.192. The highest BCUT2D eigenvalue weighted by atomic mass is 32.1. The maximum Gasteiger partial charge on any atom is 0.163 e. The van der Waals surface area contributed by atoms with Gasteiger partial charge in [-0.2, -0.15) is 0 Å². The van der Waals surface area contributed by atoms with Crippen LogP contribution in [0.5, 0.6) is 0 Å². The minimum atomic E-state index is -0.642. The van der Waals surface area contributed by atoms with Crippen LogP contribution < -0.4 is 11.1 Å². The van der Waals surface area contributed by atoms with Gasteiger partial charge in [0, 0.05) is 6.04 Å². The standard InChI is InChI=1S/C5H9FN2S/c6-3-1-4(2-3)8-5(7)9/h3-4H,1-2H2,(H3,7,8,9). The fraction of sp³-hybridized carbons (Fsp3) is 0.800. The first-order valence-electron chi connectivity index (χ1n) is 2.88. The molecule has 1 aliphatic carbocycles. The summed E-state index contributed by atoms with van der Waals surface area (Å²) >= 11 is 4.55. The monoisotopic (exact) mass is 148 g/mol. The van der Waals surface area contributed by atoms with Gasteiger partial charge >= 0.3 is 0 Å². The second-order valence-electron chi connectivity index (χ2n) is 2.27. The second kappa shape index (κ2) is 2.47. The summed E-state index contributed by atoms with van der Waals surface area (Å²) in [5, 5.41) is 3.05. The lowest BCUT2D eigenvalue weighted by atomic mass is 9.91. The first kappa shape index (κ1) is 6.74. The van der Waals surface area contributed by atoms with E-state index in [-0.39, 0.29) is 11.2 Å². The van der Waals surface area contributed by atoms with E-state index >= 15 is 0 Å². The lowest BCUT2D eigenvalue weighted by Gasteiger charge is -2.30. The molecule has 52 valence electrons. The number of rotatable bonds is 1. The molecule has 0 aromatic carbocycles. The molecule has 4 heteroatoms. The van der Waals surface area contributed by atoms with Gasteiger partial charge in [-0.1, -0.05) is 0 Å². The highest BCUT2D eigenvalue weighted by Gasteiger charge is 2.28. The third-order valence-corrected chi connectivity index (χ3v) is 1.54. The summed E-state index contributed by atoms with van der Waals surface area (Å²) in [4.78, 5) is 0. The molecule has 0 bridgehead atoms. The normalized spacial score (nSPS) is 33.0. The number of nitrogens with one attached hydrogen (secondary N) is 1. The van der Waals surface area contributed by atoms with Crippen molar-refractivity contribution in [2.75, 3.05) is 0 Å². The molecule has 0 atom stereocenters. The predicted molar refractivity (Wildman–Crippen MR) is 37.8 cm³/mol. The minimum Gasteiger partial charge on any atom is -0.376 e. The molecule has 3 N–H and O–H groups in total. The molecule has 0 aromatic rings. The highest BCUT2D eigenvalue weighted by Crippen LogP contribution is 2.22. The van der Waals surface area contributed by atoms with E-state index in [4.69, 9.17) is 5.73 Å². The van der Waals surface area contributed by atoms with Gasteiger partial charge < -0.3 is 11.1 Å². The molecule has 0 aromatic heterocycles. The number of alkyl halides is 1. The van der Waals surface area contributed by atoms with E-state index in [1.165, 1.54) is 0 Å². The smallest absolute Gasteiger partial charge is 0.163 e. The SMILES string of the molecule is NC(=S)NC1CC(F)C1. The Bertz CT molecular complexity index is 122. The van der Waals surface area contributed by atoms with Crippen LogP contribution in [0.1, 0.15) is 12.8 Å². The van der Waals surface area contributed by atoms with E-state index in [1.807, 2.05) is 0 Å². The number of thiocarbonyl (C=S) groups is 1. The van der Waals surface area contributed by atoms with Gasteiger partial charge in [0.1, 0.15) is 6.17 Å². The van der Waals surface area contributed by atoms with Crippen molar-refractivity contribution in [3.63, 3.8) is 0 Å². The van der Waals surface area contributed by atoms with E-state index < -0.39 is 6.17 Å². The fourth-order valence-electron chi connectivity index (χ4n) is 0.867. The third-order valence-electron chi connectivity index (χ3n) is 1.43. The molecule has 1 aliphatic rings. The summed E-state index contributed by atoms with van der Waals surface area (Å²) in [5.74, 6) is 0. The molecule has 9 heavy (non-hydrogen) atoms. The lowest BCUT2D eigenvalue weighted by molar-refractivity contribution is 0.169. The lowest BCUT2D eigenvalue weighted by Crippen LogP contribution is -2.47. The first-order chi connectivity index (χ1) is 4.18. The molecule has 0 unspecified atom stereocenters. The average molecular weight is 148 g/mol. The molecule has 1 fully saturated rings. The number of nitrogens with two attached hydrogens (primary N) is 1. The van der Waals surface area contributed by atoms with Gasteiger partial charge in [-0.25, -0.2) is 4.39 Å². The Kier molecular flexibility index (Phi) is 1.85. The predicted octanol–water partition coefficient (Wildman–Crippen LogP) is 0.320. The molecular formula is C5H9FN2S. The summed E-state index contributed by atoms with van der Waals surface area (Å²) in [6.07, 6.45) is 0.464. The van der Waals surface area contributed by atoms with Crippen molar-refractivity contribution < 1.29 is 4.39 Å². The summed E-state index contributed by atoms with van der Waals surface area (Å²) in [6.45, 7) is 0. The molecule has 1 rings (SSSR count). The topological polar surface area (TPSA) is 38.0 Å². The van der Waals surface area contributed by atoms with E-state index in [9.17, 15) is 4.39 Å². The van der Waals surface area contributed by atoms with Crippen LogP contribution in [0, 0.1) is 0 Å². The van der Waals surface area contributed by atoms with Gasteiger partial charge in [0.05, 0.1) is 0 Å². The van der Waals surface area contributed by atoms with Crippen molar-refractivity contribution in [1.82, 2.24) is 5.32 Å². The van der Waals surface area contributed by atoms with Gasteiger partial charge in [-0.15, -0.1) is 0 Å². The van der Waals surface area contributed by atoms with Crippen molar-refractivity contribution in [2.45, 2.75) is 25.1 Å². The quantitative estimate of drug-likeness (QED) is 0.526. The second-order valence-corrected chi connectivity index (χ2v) is 2.71. The molecule has 0 amide bonds. The maximum atomic E-state index is 12.1. The Hall–Kier alpha value is -0.380. The Morgan fingerprint density at radius 1 is 1.67 bits per heavy atom. The Morgan fingerprint density at radius 2 is 2.22 bits per heavy atom. The van der Waals surface area contributed by atoms with Crippen molar-refractivity contribution >= 4 is 17.3 Å². The summed E-state index contributed by atoms with van der Waals surface area (Å²) < 4.78 is 12.1. The third kappa shape index (κ3) is 1.78. The zero-order valence-corrected chi connectivity index (χ0v) is 5.75. The van der Waals surface area contributed by atoms with Crippen LogP contribution >= 0.6 is 12.2 Å². The van der Waals surface area contributed by atoms with Crippen molar-refractivity contribution in [3.8, 4) is 0 Å². The van der Waals surface area contributed by atoms with Crippen LogP contribution in [0.2, 0.25) is 0 Å². The zero-order chi connectivity index (χ0) is 6.85. The van der Waals surface area contributed by atoms with E-state index in [0.29, 0.717) is 12.8 Å². The molecule has 0 saturated heterocycles. The van der Waals surface area contributed by atoms with Crippen LogP contribution in [0.4, 0.5) is 4.39 Å². The maximum absolute atomic E-state index is 12.1. The van der Waals surface area contributed by atoms with Crippen molar-refractivity contribution in [2.24, 2.45) is 5.73 Å². The number of halogens is 1. The Labute approximate surface area is 58.6 Å². The van der Waals surface area contributed by atoms with Crippen LogP contribution in [0.15, 0.2) is 0 Å². The van der Waals surface area contributed by atoms with E-state index in [0.717, 1.165) is 0 Å². The van der Waals surface area contributed by atoms with Crippen LogP contribution in [0.25, 0.3) is 0 Å². The number of hydrogen-bond donors (Lipinski definition) is 2. The molecule has 0 spiro atoms. The zero-order valence-electron chi connectivity index (χ0n) is 4.93. The Morgan fingerprint density at radius 3 is 2.56 bits per heavy atom. The van der Waals surface area contributed by atoms with Gasteiger partial charge in [0.2, 0.25) is 0 Å². The average Bonchev–Trinajstić information content (AvgIpc) is 1.60. The Balaban J connectivity index is 2.11. The molecular weight excluding hydrogens is 139 g/mol. The summed E-state index contributed by atoms with van der Waals surface area (Å²) in [5.41, 5.74) is 5.15. The van der Waals surface area contributed by atoms with Crippen molar-refractivity contribution in [3.05, 3.63) is 0 Å². The molecule has 2 nitrogen and oxygen atoms in total. The summed E-state index contributed by atoms with van der Waals surface area (Å²) in [7, 11) is 0. The molecule has 0 aliphatic heterocycles. The van der Waals surface area contributed by atoms with Gasteiger partial charge in [-0.05, 0) is 25.1 Å². The van der Waals surface area contributed by atoms with Crippen LogP contribution in [0.3, 0.4) is 0 Å². The van der Waals surface area contributed by atoms with Gasteiger partial charge in [0.15, 0.2) is 5.11 Å². The van der Waals surface area contributed by atoms with Crippen LogP contribution in [-0.4, -0.2) is 17.3 Å².